The van der Waals surface area contributed by atoms with Crippen molar-refractivity contribution in [2.45, 2.75) is 33.7 Å². The summed E-state index contributed by atoms with van der Waals surface area (Å²) in [4.78, 5) is 12.1. The molecule has 0 fully saturated rings. The standard InChI is InChI=1S/C14H20BrNO/c1-9-5-10(2)7-13(6-9)14(17)16-12(4)11(3)8-15/h5-7,11-12H,8H2,1-4H3,(H,16,17). The minimum atomic E-state index is 0.0112. The number of benzene rings is 1. The van der Waals surface area contributed by atoms with Crippen molar-refractivity contribution in [3.05, 3.63) is 34.9 Å². The van der Waals surface area contributed by atoms with E-state index in [0.717, 1.165) is 22.0 Å². The molecule has 2 unspecified atom stereocenters. The third kappa shape index (κ3) is 4.15. The molecule has 0 aliphatic carbocycles. The number of rotatable bonds is 4. The quantitative estimate of drug-likeness (QED) is 0.848. The Morgan fingerprint density at radius 1 is 1.24 bits per heavy atom. The maximum absolute atomic E-state index is 12.1. The molecule has 2 nitrogen and oxygen atoms in total. The van der Waals surface area contributed by atoms with Crippen LogP contribution in [-0.4, -0.2) is 17.3 Å². The molecule has 3 heteroatoms. The van der Waals surface area contributed by atoms with Crippen LogP contribution in [0.5, 0.6) is 0 Å². The fourth-order valence-corrected chi connectivity index (χ4v) is 2.23. The van der Waals surface area contributed by atoms with Gasteiger partial charge in [-0.3, -0.25) is 4.79 Å². The van der Waals surface area contributed by atoms with Crippen molar-refractivity contribution in [3.8, 4) is 0 Å². The van der Waals surface area contributed by atoms with Crippen LogP contribution < -0.4 is 5.32 Å². The average Bonchev–Trinajstić information content (AvgIpc) is 2.26. The summed E-state index contributed by atoms with van der Waals surface area (Å²) < 4.78 is 0. The van der Waals surface area contributed by atoms with E-state index in [1.807, 2.05) is 32.9 Å². The van der Waals surface area contributed by atoms with Gasteiger partial charge in [-0.25, -0.2) is 0 Å². The third-order valence-electron chi connectivity index (χ3n) is 2.94. The highest BCUT2D eigenvalue weighted by Crippen LogP contribution is 2.11. The number of hydrogen-bond donors (Lipinski definition) is 1. The van der Waals surface area contributed by atoms with E-state index in [4.69, 9.17) is 0 Å². The Balaban J connectivity index is 2.76. The predicted octanol–water partition coefficient (Wildman–Crippen LogP) is 3.45. The zero-order chi connectivity index (χ0) is 13.0. The van der Waals surface area contributed by atoms with Crippen molar-refractivity contribution in [1.29, 1.82) is 0 Å². The summed E-state index contributed by atoms with van der Waals surface area (Å²) in [7, 11) is 0. The summed E-state index contributed by atoms with van der Waals surface area (Å²) in [5, 5.41) is 3.92. The summed E-state index contributed by atoms with van der Waals surface area (Å²) >= 11 is 3.43. The summed E-state index contributed by atoms with van der Waals surface area (Å²) in [6.07, 6.45) is 0. The summed E-state index contributed by atoms with van der Waals surface area (Å²) in [6.45, 7) is 8.16. The van der Waals surface area contributed by atoms with E-state index in [9.17, 15) is 4.79 Å². The lowest BCUT2D eigenvalue weighted by Crippen LogP contribution is -2.37. The van der Waals surface area contributed by atoms with Crippen molar-refractivity contribution < 1.29 is 4.79 Å². The molecule has 1 amide bonds. The molecule has 94 valence electrons. The smallest absolute Gasteiger partial charge is 0.251 e. The van der Waals surface area contributed by atoms with Gasteiger partial charge in [0.15, 0.2) is 0 Å². The van der Waals surface area contributed by atoms with Crippen molar-refractivity contribution >= 4 is 21.8 Å². The minimum absolute atomic E-state index is 0.0112. The van der Waals surface area contributed by atoms with Crippen LogP contribution in [-0.2, 0) is 0 Å². The van der Waals surface area contributed by atoms with Gasteiger partial charge in [-0.05, 0) is 38.8 Å². The fraction of sp³-hybridized carbons (Fsp3) is 0.500. The summed E-state index contributed by atoms with van der Waals surface area (Å²) in [5.74, 6) is 0.432. The van der Waals surface area contributed by atoms with Crippen molar-refractivity contribution in [1.82, 2.24) is 5.32 Å². The maximum Gasteiger partial charge on any atom is 0.251 e. The SMILES string of the molecule is Cc1cc(C)cc(C(=O)NC(C)C(C)CBr)c1. The Morgan fingerprint density at radius 3 is 2.24 bits per heavy atom. The molecule has 1 N–H and O–H groups in total. The summed E-state index contributed by atoms with van der Waals surface area (Å²) in [5.41, 5.74) is 2.99. The van der Waals surface area contributed by atoms with E-state index in [1.165, 1.54) is 0 Å². The number of aryl methyl sites for hydroxylation is 2. The van der Waals surface area contributed by atoms with Crippen LogP contribution in [0.15, 0.2) is 18.2 Å². The number of halogens is 1. The van der Waals surface area contributed by atoms with E-state index in [0.29, 0.717) is 5.92 Å². The van der Waals surface area contributed by atoms with E-state index in [1.54, 1.807) is 0 Å². The molecule has 1 aromatic carbocycles. The topological polar surface area (TPSA) is 29.1 Å². The molecule has 2 atom stereocenters. The lowest BCUT2D eigenvalue weighted by molar-refractivity contribution is 0.0931. The van der Waals surface area contributed by atoms with Crippen LogP contribution in [0.1, 0.15) is 35.3 Å². The number of carbonyl (C=O) groups excluding carboxylic acids is 1. The first-order valence-electron chi connectivity index (χ1n) is 5.89. The Kier molecular flexibility index (Phi) is 5.19. The van der Waals surface area contributed by atoms with E-state index >= 15 is 0 Å². The zero-order valence-corrected chi connectivity index (χ0v) is 12.5. The maximum atomic E-state index is 12.1. The monoisotopic (exact) mass is 297 g/mol. The third-order valence-corrected chi connectivity index (χ3v) is 3.96. The number of hydrogen-bond acceptors (Lipinski definition) is 1. The number of nitrogens with one attached hydrogen (secondary N) is 1. The first kappa shape index (κ1) is 14.2. The van der Waals surface area contributed by atoms with E-state index in [2.05, 4.69) is 34.2 Å². The van der Waals surface area contributed by atoms with Crippen LogP contribution in [0, 0.1) is 19.8 Å². The van der Waals surface area contributed by atoms with Gasteiger partial charge in [-0.2, -0.15) is 0 Å². The molecule has 0 saturated heterocycles. The van der Waals surface area contributed by atoms with Crippen LogP contribution in [0.4, 0.5) is 0 Å². The van der Waals surface area contributed by atoms with Gasteiger partial charge in [-0.1, -0.05) is 40.0 Å². The largest absolute Gasteiger partial charge is 0.349 e. The molecule has 1 rings (SSSR count). The summed E-state index contributed by atoms with van der Waals surface area (Å²) in [6, 6.07) is 6.09. The highest BCUT2D eigenvalue weighted by Gasteiger charge is 2.15. The molecule has 0 aliphatic rings. The molecule has 0 radical (unpaired) electrons. The highest BCUT2D eigenvalue weighted by atomic mass is 79.9. The van der Waals surface area contributed by atoms with Gasteiger partial charge in [0.25, 0.3) is 5.91 Å². The first-order valence-corrected chi connectivity index (χ1v) is 7.01. The van der Waals surface area contributed by atoms with Crippen molar-refractivity contribution in [3.63, 3.8) is 0 Å². The predicted molar refractivity (Wildman–Crippen MR) is 75.8 cm³/mol. The highest BCUT2D eigenvalue weighted by molar-refractivity contribution is 9.09. The van der Waals surface area contributed by atoms with Crippen LogP contribution in [0.2, 0.25) is 0 Å². The molecule has 0 saturated carbocycles. The van der Waals surface area contributed by atoms with Crippen molar-refractivity contribution in [2.24, 2.45) is 5.92 Å². The molecule has 0 aromatic heterocycles. The fourth-order valence-electron chi connectivity index (χ4n) is 1.67. The van der Waals surface area contributed by atoms with E-state index in [-0.39, 0.29) is 11.9 Å². The Labute approximate surface area is 112 Å². The Bertz CT molecular complexity index is 383. The minimum Gasteiger partial charge on any atom is -0.349 e. The normalized spacial score (nSPS) is 14.2. The van der Waals surface area contributed by atoms with Gasteiger partial charge >= 0.3 is 0 Å². The van der Waals surface area contributed by atoms with Gasteiger partial charge < -0.3 is 5.32 Å². The van der Waals surface area contributed by atoms with Gasteiger partial charge in [0, 0.05) is 16.9 Å². The number of alkyl halides is 1. The molecular formula is C14H20BrNO. The van der Waals surface area contributed by atoms with Gasteiger partial charge in [0.1, 0.15) is 0 Å². The molecule has 1 aromatic rings. The van der Waals surface area contributed by atoms with Gasteiger partial charge in [0.2, 0.25) is 0 Å². The van der Waals surface area contributed by atoms with Gasteiger partial charge in [0.05, 0.1) is 0 Å². The van der Waals surface area contributed by atoms with Crippen LogP contribution in [0.25, 0.3) is 0 Å². The van der Waals surface area contributed by atoms with E-state index < -0.39 is 0 Å². The second kappa shape index (κ2) is 6.20. The lowest BCUT2D eigenvalue weighted by Gasteiger charge is -2.19. The second-order valence-electron chi connectivity index (χ2n) is 4.77. The van der Waals surface area contributed by atoms with Gasteiger partial charge in [-0.15, -0.1) is 0 Å². The second-order valence-corrected chi connectivity index (χ2v) is 5.42. The molecule has 0 heterocycles. The molecule has 0 aliphatic heterocycles. The number of carbonyl (C=O) groups is 1. The first-order chi connectivity index (χ1) is 7.93. The van der Waals surface area contributed by atoms with Crippen LogP contribution >= 0.6 is 15.9 Å². The number of amides is 1. The molecular weight excluding hydrogens is 278 g/mol. The Hall–Kier alpha value is -0.830. The molecule has 17 heavy (non-hydrogen) atoms. The van der Waals surface area contributed by atoms with Crippen LogP contribution in [0.3, 0.4) is 0 Å². The molecule has 0 bridgehead atoms. The lowest BCUT2D eigenvalue weighted by atomic mass is 10.0. The zero-order valence-electron chi connectivity index (χ0n) is 10.9. The Morgan fingerprint density at radius 2 is 1.76 bits per heavy atom. The average molecular weight is 298 g/mol. The molecule has 0 spiro atoms. The van der Waals surface area contributed by atoms with Crippen molar-refractivity contribution in [2.75, 3.05) is 5.33 Å².